The first-order valence-corrected chi connectivity index (χ1v) is 11.4. The smallest absolute Gasteiger partial charge is 0.224 e. The third-order valence-corrected chi connectivity index (χ3v) is 5.85. The molecular weight excluding hydrogens is 475 g/mol. The van der Waals surface area contributed by atoms with Crippen LogP contribution in [0.1, 0.15) is 11.4 Å². The van der Waals surface area contributed by atoms with E-state index in [4.69, 9.17) is 21.3 Å². The van der Waals surface area contributed by atoms with Gasteiger partial charge in [-0.2, -0.15) is 10.1 Å². The fourth-order valence-electron chi connectivity index (χ4n) is 3.84. The van der Waals surface area contributed by atoms with Gasteiger partial charge in [-0.05, 0) is 30.2 Å². The van der Waals surface area contributed by atoms with Gasteiger partial charge < -0.3 is 10.1 Å². The van der Waals surface area contributed by atoms with Crippen molar-refractivity contribution in [3.63, 3.8) is 0 Å². The van der Waals surface area contributed by atoms with Crippen molar-refractivity contribution >= 4 is 41.0 Å². The molecule has 0 atom stereocenters. The fourth-order valence-corrected chi connectivity index (χ4v) is 4.05. The Kier molecular flexibility index (Phi) is 8.23. The Labute approximate surface area is 208 Å². The number of nitrogens with zero attached hydrogens (tertiary/aromatic N) is 6. The molecule has 1 fully saturated rings. The number of rotatable bonds is 8. The molecule has 0 unspecified atom stereocenters. The van der Waals surface area contributed by atoms with Gasteiger partial charge in [0.15, 0.2) is 5.65 Å². The molecule has 34 heavy (non-hydrogen) atoms. The fraction of sp³-hybridized carbons (Fsp3) is 0.348. The van der Waals surface area contributed by atoms with Gasteiger partial charge >= 0.3 is 0 Å². The van der Waals surface area contributed by atoms with Crippen molar-refractivity contribution in [2.75, 3.05) is 44.7 Å². The Morgan fingerprint density at radius 2 is 1.97 bits per heavy atom. The first-order valence-electron chi connectivity index (χ1n) is 11.1. The highest BCUT2D eigenvalue weighted by molar-refractivity contribution is 6.30. The third-order valence-electron chi connectivity index (χ3n) is 5.61. The second kappa shape index (κ2) is 11.5. The highest BCUT2D eigenvalue weighted by atomic mass is 35.5. The van der Waals surface area contributed by atoms with Crippen LogP contribution in [-0.4, -0.2) is 74.4 Å². The Morgan fingerprint density at radius 3 is 2.82 bits per heavy atom. The lowest BCUT2D eigenvalue weighted by Gasteiger charge is -2.26. The summed E-state index contributed by atoms with van der Waals surface area (Å²) >= 11 is 6.08. The monoisotopic (exact) mass is 500 g/mol. The maximum Gasteiger partial charge on any atom is 0.224 e. The molecule has 3 aromatic heterocycles. The quantitative estimate of drug-likeness (QED) is 0.379. The van der Waals surface area contributed by atoms with Crippen LogP contribution in [0.2, 0.25) is 5.02 Å². The number of hydrogen-bond acceptors (Lipinski definition) is 8. The second-order valence-electron chi connectivity index (χ2n) is 7.90. The Balaban J connectivity index is 0.00000274. The summed E-state index contributed by atoms with van der Waals surface area (Å²) in [4.78, 5) is 20.5. The van der Waals surface area contributed by atoms with Crippen LogP contribution < -0.4 is 5.32 Å². The number of benzene rings is 1. The van der Waals surface area contributed by atoms with E-state index in [0.29, 0.717) is 18.0 Å². The van der Waals surface area contributed by atoms with Crippen molar-refractivity contribution in [1.29, 1.82) is 0 Å². The van der Waals surface area contributed by atoms with Crippen LogP contribution in [0.25, 0.3) is 22.4 Å². The lowest BCUT2D eigenvalue weighted by molar-refractivity contribution is 0.0398. The normalized spacial score (nSPS) is 14.1. The van der Waals surface area contributed by atoms with Crippen LogP contribution in [0.3, 0.4) is 0 Å². The standard InChI is InChI=1S/C23H25ClN8O.ClH/c24-17-3-1-2-16(14-17)4-5-20-25-7-6-19(28-20)21-18-15-27-23(29-22(18)31-30-21)26-8-9-32-10-12-33-13-11-32;/h1-3,6-7,14-15H,4-5,8-13H2,(H2,26,27,29,30,31);1H. The number of anilines is 1. The van der Waals surface area contributed by atoms with Crippen molar-refractivity contribution < 1.29 is 4.74 Å². The summed E-state index contributed by atoms with van der Waals surface area (Å²) in [6, 6.07) is 9.72. The molecule has 1 saturated heterocycles. The van der Waals surface area contributed by atoms with Crippen LogP contribution in [0.4, 0.5) is 5.95 Å². The minimum atomic E-state index is 0. The molecule has 0 radical (unpaired) electrons. The van der Waals surface area contributed by atoms with E-state index in [1.165, 1.54) is 0 Å². The summed E-state index contributed by atoms with van der Waals surface area (Å²) in [5.74, 6) is 1.33. The van der Waals surface area contributed by atoms with Crippen LogP contribution in [0.5, 0.6) is 0 Å². The second-order valence-corrected chi connectivity index (χ2v) is 8.33. The molecule has 1 aliphatic heterocycles. The number of H-pyrrole nitrogens is 1. The zero-order chi connectivity index (χ0) is 22.5. The Morgan fingerprint density at radius 1 is 1.09 bits per heavy atom. The zero-order valence-corrected chi connectivity index (χ0v) is 20.1. The number of aromatic nitrogens is 6. The highest BCUT2D eigenvalue weighted by Gasteiger charge is 2.13. The minimum Gasteiger partial charge on any atom is -0.379 e. The number of hydrogen-bond donors (Lipinski definition) is 2. The van der Waals surface area contributed by atoms with Crippen molar-refractivity contribution in [2.45, 2.75) is 12.8 Å². The van der Waals surface area contributed by atoms with E-state index in [2.05, 4.69) is 41.4 Å². The van der Waals surface area contributed by atoms with Gasteiger partial charge in [-0.25, -0.2) is 15.0 Å². The maximum absolute atomic E-state index is 6.08. The third kappa shape index (κ3) is 5.98. The summed E-state index contributed by atoms with van der Waals surface area (Å²) < 4.78 is 5.38. The van der Waals surface area contributed by atoms with E-state index < -0.39 is 0 Å². The number of aromatic amines is 1. The number of nitrogens with one attached hydrogen (secondary N) is 2. The Bertz CT molecular complexity index is 1230. The van der Waals surface area contributed by atoms with Crippen LogP contribution in [0, 0.1) is 0 Å². The molecule has 0 amide bonds. The van der Waals surface area contributed by atoms with E-state index in [1.54, 1.807) is 12.4 Å². The predicted molar refractivity (Wildman–Crippen MR) is 135 cm³/mol. The lowest BCUT2D eigenvalue weighted by Crippen LogP contribution is -2.39. The average Bonchev–Trinajstić information content (AvgIpc) is 3.27. The van der Waals surface area contributed by atoms with Gasteiger partial charge in [0.1, 0.15) is 5.82 Å². The van der Waals surface area contributed by atoms with Crippen LogP contribution in [0.15, 0.2) is 42.7 Å². The van der Waals surface area contributed by atoms with Crippen molar-refractivity contribution in [3.8, 4) is 11.4 Å². The molecule has 5 rings (SSSR count). The predicted octanol–water partition coefficient (Wildman–Crippen LogP) is 3.41. The van der Waals surface area contributed by atoms with Crippen molar-refractivity contribution in [3.05, 3.63) is 59.1 Å². The first-order chi connectivity index (χ1) is 16.2. The van der Waals surface area contributed by atoms with Gasteiger partial charge in [0.25, 0.3) is 0 Å². The van der Waals surface area contributed by atoms with Crippen LogP contribution in [-0.2, 0) is 17.6 Å². The first kappa shape index (κ1) is 24.3. The average molecular weight is 501 g/mol. The molecule has 2 N–H and O–H groups in total. The van der Waals surface area contributed by atoms with E-state index in [-0.39, 0.29) is 12.4 Å². The van der Waals surface area contributed by atoms with E-state index >= 15 is 0 Å². The topological polar surface area (TPSA) is 105 Å². The van der Waals surface area contributed by atoms with E-state index in [1.807, 2.05) is 24.3 Å². The summed E-state index contributed by atoms with van der Waals surface area (Å²) in [6.07, 6.45) is 5.08. The van der Waals surface area contributed by atoms with Crippen LogP contribution >= 0.6 is 24.0 Å². The van der Waals surface area contributed by atoms with Gasteiger partial charge in [-0.1, -0.05) is 23.7 Å². The lowest BCUT2D eigenvalue weighted by atomic mass is 10.1. The molecule has 4 aromatic rings. The van der Waals surface area contributed by atoms with Gasteiger partial charge in [0.2, 0.25) is 5.95 Å². The minimum absolute atomic E-state index is 0. The molecule has 9 nitrogen and oxygen atoms in total. The molecule has 1 aromatic carbocycles. The molecular formula is C23H26Cl2N8O. The maximum atomic E-state index is 6.08. The number of fused-ring (bicyclic) bond motifs is 1. The molecule has 0 spiro atoms. The number of aryl methyl sites for hydroxylation is 2. The largest absolute Gasteiger partial charge is 0.379 e. The van der Waals surface area contributed by atoms with E-state index in [0.717, 1.165) is 79.0 Å². The molecule has 0 saturated carbocycles. The molecule has 178 valence electrons. The molecule has 0 aliphatic carbocycles. The van der Waals surface area contributed by atoms with Crippen molar-refractivity contribution in [2.24, 2.45) is 0 Å². The molecule has 11 heteroatoms. The summed E-state index contributed by atoms with van der Waals surface area (Å²) in [7, 11) is 0. The van der Waals surface area contributed by atoms with E-state index in [9.17, 15) is 0 Å². The van der Waals surface area contributed by atoms with Gasteiger partial charge in [-0.3, -0.25) is 10.00 Å². The number of ether oxygens (including phenoxy) is 1. The van der Waals surface area contributed by atoms with Crippen molar-refractivity contribution in [1.82, 2.24) is 35.0 Å². The number of morpholine rings is 1. The molecule has 1 aliphatic rings. The van der Waals surface area contributed by atoms with Gasteiger partial charge in [-0.15, -0.1) is 12.4 Å². The summed E-state index contributed by atoms with van der Waals surface area (Å²) in [5.41, 5.74) is 3.32. The highest BCUT2D eigenvalue weighted by Crippen LogP contribution is 2.24. The van der Waals surface area contributed by atoms with Gasteiger partial charge in [0, 0.05) is 50.0 Å². The molecule has 4 heterocycles. The SMILES string of the molecule is Cl.Clc1cccc(CCc2nccc(-c3[nH]nc4nc(NCCN5CCOCC5)ncc34)n2)c1. The zero-order valence-electron chi connectivity index (χ0n) is 18.6. The summed E-state index contributed by atoms with van der Waals surface area (Å²) in [6.45, 7) is 5.21. The summed E-state index contributed by atoms with van der Waals surface area (Å²) in [5, 5.41) is 12.3. The Hall–Kier alpha value is -2.85. The number of halogens is 2. The molecule has 0 bridgehead atoms. The van der Waals surface area contributed by atoms with Gasteiger partial charge in [0.05, 0.1) is 30.0 Å².